The quantitative estimate of drug-likeness (QED) is 0.731. The standard InChI is InChI=1S/C9H10B2Cl4/c1-5-4-6(2)9(11(14)15)7(3)8(5)10(12)13/h4H,1-3H3. The number of hydrogen-bond acceptors (Lipinski definition) is 0. The van der Waals surface area contributed by atoms with Crippen LogP contribution in [0.1, 0.15) is 16.7 Å². The maximum Gasteiger partial charge on any atom is 0.383 e. The summed E-state index contributed by atoms with van der Waals surface area (Å²) < 4.78 is 0. The van der Waals surface area contributed by atoms with Crippen LogP contribution in [0.2, 0.25) is 0 Å². The van der Waals surface area contributed by atoms with Crippen LogP contribution in [0.4, 0.5) is 0 Å². The molecular weight excluding hydrogens is 272 g/mol. The monoisotopic (exact) mass is 280 g/mol. The smallest absolute Gasteiger partial charge is 0.165 e. The molecule has 1 aromatic rings. The summed E-state index contributed by atoms with van der Waals surface area (Å²) in [7, 11) is 0. The minimum absolute atomic E-state index is 0.545. The molecule has 1 aromatic carbocycles. The summed E-state index contributed by atoms with van der Waals surface area (Å²) in [6.07, 6.45) is 0. The fraction of sp³-hybridized carbons (Fsp3) is 0.333. The van der Waals surface area contributed by atoms with E-state index in [1.165, 1.54) is 0 Å². The lowest BCUT2D eigenvalue weighted by Gasteiger charge is -2.16. The Labute approximate surface area is 111 Å². The van der Waals surface area contributed by atoms with Crippen molar-refractivity contribution in [2.24, 2.45) is 0 Å². The summed E-state index contributed by atoms with van der Waals surface area (Å²) in [5.74, 6) is 0. The van der Waals surface area contributed by atoms with Gasteiger partial charge in [-0.3, -0.25) is 0 Å². The van der Waals surface area contributed by atoms with Gasteiger partial charge in [-0.2, -0.15) is 45.8 Å². The molecule has 0 aliphatic heterocycles. The Hall–Kier alpha value is 0.510. The molecule has 0 heterocycles. The fourth-order valence-corrected chi connectivity index (χ4v) is 3.23. The average Bonchev–Trinajstić information content (AvgIpc) is 1.99. The van der Waals surface area contributed by atoms with E-state index in [4.69, 9.17) is 45.8 Å². The van der Waals surface area contributed by atoms with Crippen molar-refractivity contribution < 1.29 is 0 Å². The molecule has 15 heavy (non-hydrogen) atoms. The molecule has 0 bridgehead atoms. The number of halogens is 4. The Kier molecular flexibility index (Phi) is 4.73. The second kappa shape index (κ2) is 5.23. The van der Waals surface area contributed by atoms with Crippen molar-refractivity contribution in [3.05, 3.63) is 22.8 Å². The van der Waals surface area contributed by atoms with Gasteiger partial charge >= 0.3 is 11.1 Å². The van der Waals surface area contributed by atoms with Gasteiger partial charge in [-0.1, -0.05) is 22.8 Å². The summed E-state index contributed by atoms with van der Waals surface area (Å²) in [4.78, 5) is 0. The van der Waals surface area contributed by atoms with Gasteiger partial charge in [-0.15, -0.1) is 0 Å². The van der Waals surface area contributed by atoms with Gasteiger partial charge in [0.15, 0.2) is 0 Å². The molecule has 0 fully saturated rings. The highest BCUT2D eigenvalue weighted by molar-refractivity contribution is 7.41. The summed E-state index contributed by atoms with van der Waals surface area (Å²) >= 11 is 23.7. The van der Waals surface area contributed by atoms with Crippen LogP contribution >= 0.6 is 45.8 Å². The molecule has 1 rings (SSSR count). The predicted molar refractivity (Wildman–Crippen MR) is 74.8 cm³/mol. The molecule has 0 aromatic heterocycles. The predicted octanol–water partition coefficient (Wildman–Crippen LogP) is 2.96. The maximum absolute atomic E-state index is 5.92. The first kappa shape index (κ1) is 13.6. The number of aryl methyl sites for hydroxylation is 2. The molecule has 80 valence electrons. The lowest BCUT2D eigenvalue weighted by molar-refractivity contribution is 1.39. The minimum atomic E-state index is -0.545. The van der Waals surface area contributed by atoms with Crippen molar-refractivity contribution in [3.63, 3.8) is 0 Å². The second-order valence-corrected chi connectivity index (χ2v) is 5.76. The molecule has 0 saturated heterocycles. The Morgan fingerprint density at radius 2 is 1.13 bits per heavy atom. The van der Waals surface area contributed by atoms with E-state index in [-0.39, 0.29) is 0 Å². The molecule has 0 amide bonds. The van der Waals surface area contributed by atoms with E-state index in [1.54, 1.807) is 0 Å². The normalized spacial score (nSPS) is 10.3. The van der Waals surface area contributed by atoms with Crippen LogP contribution in [0.25, 0.3) is 0 Å². The van der Waals surface area contributed by atoms with Gasteiger partial charge in [0, 0.05) is 0 Å². The van der Waals surface area contributed by atoms with Gasteiger partial charge in [-0.25, -0.2) is 0 Å². The highest BCUT2D eigenvalue weighted by Gasteiger charge is 2.23. The summed E-state index contributed by atoms with van der Waals surface area (Å²) in [5, 5.41) is 0. The highest BCUT2D eigenvalue weighted by atomic mass is 35.5. The number of rotatable bonds is 2. The van der Waals surface area contributed by atoms with Gasteiger partial charge in [0.1, 0.15) is 0 Å². The summed E-state index contributed by atoms with van der Waals surface area (Å²) in [5.41, 5.74) is 3.84. The van der Waals surface area contributed by atoms with Crippen molar-refractivity contribution in [3.8, 4) is 0 Å². The average molecular weight is 282 g/mol. The molecule has 0 spiro atoms. The number of hydrogen-bond donors (Lipinski definition) is 0. The maximum atomic E-state index is 5.92. The molecule has 0 radical (unpaired) electrons. The van der Waals surface area contributed by atoms with Crippen molar-refractivity contribution in [1.82, 2.24) is 0 Å². The third-order valence-electron chi connectivity index (χ3n) is 2.53. The zero-order valence-electron chi connectivity index (χ0n) is 8.74. The van der Waals surface area contributed by atoms with Crippen LogP contribution in [0, 0.1) is 20.8 Å². The van der Waals surface area contributed by atoms with E-state index in [0.29, 0.717) is 0 Å². The third kappa shape index (κ3) is 2.79. The molecule has 0 saturated carbocycles. The van der Waals surface area contributed by atoms with Gasteiger partial charge in [0.05, 0.1) is 0 Å². The zero-order valence-corrected chi connectivity index (χ0v) is 11.8. The van der Waals surface area contributed by atoms with Crippen molar-refractivity contribution in [2.45, 2.75) is 20.8 Å². The lowest BCUT2D eigenvalue weighted by Crippen LogP contribution is -2.36. The molecule has 0 aliphatic carbocycles. The van der Waals surface area contributed by atoms with Crippen LogP contribution in [0.3, 0.4) is 0 Å². The van der Waals surface area contributed by atoms with Crippen LogP contribution in [-0.4, -0.2) is 11.1 Å². The first-order chi connectivity index (χ1) is 6.86. The Bertz CT molecular complexity index is 345. The van der Waals surface area contributed by atoms with Crippen LogP contribution in [-0.2, 0) is 0 Å². The van der Waals surface area contributed by atoms with Crippen LogP contribution < -0.4 is 10.9 Å². The minimum Gasteiger partial charge on any atom is -0.165 e. The van der Waals surface area contributed by atoms with E-state index in [0.717, 1.165) is 27.6 Å². The molecule has 0 N–H and O–H groups in total. The molecule has 6 heteroatoms. The van der Waals surface area contributed by atoms with Crippen molar-refractivity contribution >= 4 is 67.9 Å². The summed E-state index contributed by atoms with van der Waals surface area (Å²) in [6, 6.07) is 2.01. The third-order valence-corrected chi connectivity index (χ3v) is 3.40. The van der Waals surface area contributed by atoms with Crippen LogP contribution in [0.15, 0.2) is 6.07 Å². The van der Waals surface area contributed by atoms with Gasteiger partial charge in [-0.05, 0) is 31.7 Å². The van der Waals surface area contributed by atoms with Gasteiger partial charge in [0.2, 0.25) is 0 Å². The zero-order chi connectivity index (χ0) is 11.7. The Morgan fingerprint density at radius 1 is 0.800 bits per heavy atom. The lowest BCUT2D eigenvalue weighted by atomic mass is 9.74. The first-order valence-corrected chi connectivity index (χ1v) is 6.27. The Balaban J connectivity index is 3.49. The molecule has 0 atom stereocenters. The molecule has 0 aliphatic rings. The molecule has 0 nitrogen and oxygen atoms in total. The molecule has 0 unspecified atom stereocenters. The van der Waals surface area contributed by atoms with E-state index < -0.39 is 11.1 Å². The van der Waals surface area contributed by atoms with Crippen molar-refractivity contribution in [1.29, 1.82) is 0 Å². The van der Waals surface area contributed by atoms with Gasteiger partial charge in [0.25, 0.3) is 0 Å². The van der Waals surface area contributed by atoms with E-state index in [1.807, 2.05) is 26.8 Å². The van der Waals surface area contributed by atoms with Crippen LogP contribution in [0.5, 0.6) is 0 Å². The first-order valence-electron chi connectivity index (χ1n) is 4.53. The second-order valence-electron chi connectivity index (χ2n) is 3.56. The van der Waals surface area contributed by atoms with Gasteiger partial charge < -0.3 is 0 Å². The SMILES string of the molecule is Cc1cc(C)c(B(Cl)Cl)c(C)c1B(Cl)Cl. The topological polar surface area (TPSA) is 0 Å². The van der Waals surface area contributed by atoms with Crippen molar-refractivity contribution in [2.75, 3.05) is 0 Å². The molecular formula is C9H10B2Cl4. The largest absolute Gasteiger partial charge is 0.383 e. The highest BCUT2D eigenvalue weighted by Crippen LogP contribution is 2.12. The Morgan fingerprint density at radius 3 is 1.40 bits per heavy atom. The van der Waals surface area contributed by atoms with E-state index in [2.05, 4.69) is 0 Å². The fourth-order valence-electron chi connectivity index (χ4n) is 1.89. The van der Waals surface area contributed by atoms with E-state index >= 15 is 0 Å². The number of benzene rings is 1. The van der Waals surface area contributed by atoms with E-state index in [9.17, 15) is 0 Å². The summed E-state index contributed by atoms with van der Waals surface area (Å²) in [6.45, 7) is 5.91.